The van der Waals surface area contributed by atoms with Crippen LogP contribution in [0.5, 0.6) is 0 Å². The zero-order chi connectivity index (χ0) is 12.1. The number of imidazole rings is 1. The molecule has 1 aromatic rings. The molecular weight excluding hydrogens is 230 g/mol. The Labute approximate surface area is 108 Å². The SMILES string of the molecule is CSCC(C)n1ccnc1NC1CCCCC1. The molecule has 0 aliphatic heterocycles. The molecule has 1 heterocycles. The molecule has 0 saturated heterocycles. The molecule has 96 valence electrons. The van der Waals surface area contributed by atoms with E-state index in [2.05, 4.69) is 34.2 Å². The van der Waals surface area contributed by atoms with E-state index in [1.165, 1.54) is 32.1 Å². The molecule has 1 aromatic heterocycles. The lowest BCUT2D eigenvalue weighted by Gasteiger charge is -2.25. The topological polar surface area (TPSA) is 29.9 Å². The van der Waals surface area contributed by atoms with Gasteiger partial charge < -0.3 is 9.88 Å². The molecular formula is C13H23N3S. The first-order valence-corrected chi connectivity index (χ1v) is 7.99. The Kier molecular flexibility index (Phi) is 4.77. The molecule has 1 unspecified atom stereocenters. The summed E-state index contributed by atoms with van der Waals surface area (Å²) in [6, 6.07) is 1.14. The van der Waals surface area contributed by atoms with Crippen LogP contribution in [0, 0.1) is 0 Å². The van der Waals surface area contributed by atoms with Gasteiger partial charge in [0.15, 0.2) is 0 Å². The molecule has 3 nitrogen and oxygen atoms in total. The summed E-state index contributed by atoms with van der Waals surface area (Å²) in [7, 11) is 0. The van der Waals surface area contributed by atoms with Crippen molar-refractivity contribution in [3.8, 4) is 0 Å². The molecule has 0 bridgehead atoms. The van der Waals surface area contributed by atoms with Gasteiger partial charge in [0.05, 0.1) is 0 Å². The van der Waals surface area contributed by atoms with E-state index >= 15 is 0 Å². The summed E-state index contributed by atoms with van der Waals surface area (Å²) in [5, 5.41) is 3.61. The molecule has 0 radical (unpaired) electrons. The quantitative estimate of drug-likeness (QED) is 0.870. The first-order chi connectivity index (χ1) is 8.31. The standard InChI is InChI=1S/C13H23N3S/c1-11(10-17-2)16-9-8-14-13(16)15-12-6-4-3-5-7-12/h8-9,11-12H,3-7,10H2,1-2H3,(H,14,15). The van der Waals surface area contributed by atoms with Crippen molar-refractivity contribution in [3.63, 3.8) is 0 Å². The number of nitrogens with one attached hydrogen (secondary N) is 1. The van der Waals surface area contributed by atoms with Crippen LogP contribution in [0.3, 0.4) is 0 Å². The normalized spacial score (nSPS) is 19.2. The number of rotatable bonds is 5. The van der Waals surface area contributed by atoms with Gasteiger partial charge in [-0.2, -0.15) is 11.8 Å². The maximum Gasteiger partial charge on any atom is 0.203 e. The molecule has 1 fully saturated rings. The number of anilines is 1. The minimum atomic E-state index is 0.513. The first-order valence-electron chi connectivity index (χ1n) is 6.59. The van der Waals surface area contributed by atoms with Crippen LogP contribution in [0.25, 0.3) is 0 Å². The first kappa shape index (κ1) is 12.8. The summed E-state index contributed by atoms with van der Waals surface area (Å²) >= 11 is 1.89. The van der Waals surface area contributed by atoms with Crippen LogP contribution in [0.2, 0.25) is 0 Å². The fraction of sp³-hybridized carbons (Fsp3) is 0.769. The van der Waals surface area contributed by atoms with Crippen LogP contribution < -0.4 is 5.32 Å². The van der Waals surface area contributed by atoms with E-state index in [-0.39, 0.29) is 0 Å². The van der Waals surface area contributed by atoms with Gasteiger partial charge in [0, 0.05) is 30.2 Å². The molecule has 4 heteroatoms. The number of nitrogens with zero attached hydrogens (tertiary/aromatic N) is 2. The van der Waals surface area contributed by atoms with E-state index in [0.717, 1.165) is 11.7 Å². The summed E-state index contributed by atoms with van der Waals surface area (Å²) in [4.78, 5) is 4.46. The van der Waals surface area contributed by atoms with E-state index in [1.807, 2.05) is 18.0 Å². The van der Waals surface area contributed by atoms with Gasteiger partial charge in [-0.25, -0.2) is 4.98 Å². The molecule has 1 N–H and O–H groups in total. The van der Waals surface area contributed by atoms with Crippen molar-refractivity contribution in [3.05, 3.63) is 12.4 Å². The fourth-order valence-electron chi connectivity index (χ4n) is 2.53. The minimum Gasteiger partial charge on any atom is -0.353 e. The Bertz CT molecular complexity index is 331. The average molecular weight is 253 g/mol. The van der Waals surface area contributed by atoms with Crippen molar-refractivity contribution in [2.45, 2.75) is 51.1 Å². The van der Waals surface area contributed by atoms with E-state index in [4.69, 9.17) is 0 Å². The van der Waals surface area contributed by atoms with Crippen LogP contribution in [0.15, 0.2) is 12.4 Å². The highest BCUT2D eigenvalue weighted by atomic mass is 32.2. The van der Waals surface area contributed by atoms with Crippen molar-refractivity contribution in [1.82, 2.24) is 9.55 Å². The van der Waals surface area contributed by atoms with Gasteiger partial charge in [-0.1, -0.05) is 19.3 Å². The zero-order valence-corrected chi connectivity index (χ0v) is 11.7. The number of aromatic nitrogens is 2. The zero-order valence-electron chi connectivity index (χ0n) is 10.9. The van der Waals surface area contributed by atoms with Gasteiger partial charge in [0.2, 0.25) is 5.95 Å². The third kappa shape index (κ3) is 3.41. The monoisotopic (exact) mass is 253 g/mol. The maximum absolute atomic E-state index is 4.46. The van der Waals surface area contributed by atoms with Crippen LogP contribution >= 0.6 is 11.8 Å². The molecule has 0 amide bonds. The predicted octanol–water partition coefficient (Wildman–Crippen LogP) is 3.55. The van der Waals surface area contributed by atoms with Gasteiger partial charge in [0.1, 0.15) is 0 Å². The Morgan fingerprint density at radius 1 is 1.47 bits per heavy atom. The Balaban J connectivity index is 1.97. The van der Waals surface area contributed by atoms with Crippen LogP contribution in [0.1, 0.15) is 45.1 Å². The van der Waals surface area contributed by atoms with E-state index in [0.29, 0.717) is 12.1 Å². The summed E-state index contributed by atoms with van der Waals surface area (Å²) in [5.41, 5.74) is 0. The highest BCUT2D eigenvalue weighted by Crippen LogP contribution is 2.23. The Morgan fingerprint density at radius 3 is 2.94 bits per heavy atom. The van der Waals surface area contributed by atoms with Gasteiger partial charge in [0.25, 0.3) is 0 Å². The number of hydrogen-bond acceptors (Lipinski definition) is 3. The molecule has 1 aliphatic carbocycles. The Hall–Kier alpha value is -0.640. The maximum atomic E-state index is 4.46. The van der Waals surface area contributed by atoms with Crippen molar-refractivity contribution < 1.29 is 0 Å². The smallest absolute Gasteiger partial charge is 0.203 e. The molecule has 2 rings (SSSR count). The lowest BCUT2D eigenvalue weighted by atomic mass is 9.96. The lowest BCUT2D eigenvalue weighted by Crippen LogP contribution is -2.25. The van der Waals surface area contributed by atoms with Gasteiger partial charge in [-0.15, -0.1) is 0 Å². The van der Waals surface area contributed by atoms with E-state index in [9.17, 15) is 0 Å². The Morgan fingerprint density at radius 2 is 2.24 bits per heavy atom. The summed E-state index contributed by atoms with van der Waals surface area (Å²) in [6.07, 6.45) is 12.9. The summed E-state index contributed by atoms with van der Waals surface area (Å²) in [5.74, 6) is 2.19. The van der Waals surface area contributed by atoms with Crippen molar-refractivity contribution in [2.75, 3.05) is 17.3 Å². The molecule has 17 heavy (non-hydrogen) atoms. The van der Waals surface area contributed by atoms with E-state index < -0.39 is 0 Å². The minimum absolute atomic E-state index is 0.513. The summed E-state index contributed by atoms with van der Waals surface area (Å²) in [6.45, 7) is 2.25. The van der Waals surface area contributed by atoms with E-state index in [1.54, 1.807) is 0 Å². The highest BCUT2D eigenvalue weighted by Gasteiger charge is 2.16. The third-order valence-electron chi connectivity index (χ3n) is 3.49. The number of thioether (sulfide) groups is 1. The fourth-order valence-corrected chi connectivity index (χ4v) is 3.17. The van der Waals surface area contributed by atoms with Crippen LogP contribution in [0.4, 0.5) is 5.95 Å². The van der Waals surface area contributed by atoms with Crippen molar-refractivity contribution in [1.29, 1.82) is 0 Å². The lowest BCUT2D eigenvalue weighted by molar-refractivity contribution is 0.457. The van der Waals surface area contributed by atoms with Gasteiger partial charge in [-0.3, -0.25) is 0 Å². The molecule has 1 atom stereocenters. The second-order valence-corrected chi connectivity index (χ2v) is 5.85. The van der Waals surface area contributed by atoms with Crippen molar-refractivity contribution in [2.24, 2.45) is 0 Å². The third-order valence-corrected chi connectivity index (χ3v) is 4.31. The molecule has 0 aromatic carbocycles. The summed E-state index contributed by atoms with van der Waals surface area (Å²) < 4.78 is 2.27. The second-order valence-electron chi connectivity index (χ2n) is 4.94. The van der Waals surface area contributed by atoms with Crippen LogP contribution in [-0.2, 0) is 0 Å². The van der Waals surface area contributed by atoms with Crippen molar-refractivity contribution >= 4 is 17.7 Å². The average Bonchev–Trinajstić information content (AvgIpc) is 2.79. The molecule has 1 saturated carbocycles. The largest absolute Gasteiger partial charge is 0.353 e. The molecule has 0 spiro atoms. The van der Waals surface area contributed by atoms with Gasteiger partial charge >= 0.3 is 0 Å². The number of hydrogen-bond donors (Lipinski definition) is 1. The van der Waals surface area contributed by atoms with Gasteiger partial charge in [-0.05, 0) is 26.0 Å². The second kappa shape index (κ2) is 6.34. The highest BCUT2D eigenvalue weighted by molar-refractivity contribution is 7.98. The molecule has 1 aliphatic rings. The predicted molar refractivity (Wildman–Crippen MR) is 75.8 cm³/mol. The van der Waals surface area contributed by atoms with Crippen LogP contribution in [-0.4, -0.2) is 27.6 Å².